The lowest BCUT2D eigenvalue weighted by molar-refractivity contribution is -0.870. The first-order valence-corrected chi connectivity index (χ1v) is 18.8. The van der Waals surface area contributed by atoms with Crippen LogP contribution in [0.1, 0.15) is 142 Å². The number of phosphoric ester groups is 1. The minimum absolute atomic E-state index is 0.0405. The minimum atomic E-state index is -4.62. The highest BCUT2D eigenvalue weighted by Gasteiger charge is 2.21. The molecule has 0 amide bonds. The molecule has 11 heteroatoms. The Kier molecular flexibility index (Phi) is 27.6. The second kappa shape index (κ2) is 28.2. The molecule has 44 heavy (non-hydrogen) atoms. The number of rotatable bonds is 32. The van der Waals surface area contributed by atoms with E-state index in [4.69, 9.17) is 23.6 Å². The fourth-order valence-electron chi connectivity index (χ4n) is 4.63. The molecule has 1 unspecified atom stereocenters. The first-order valence-electron chi connectivity index (χ1n) is 17.4. The Morgan fingerprint density at radius 3 is 1.61 bits per heavy atom. The summed E-state index contributed by atoms with van der Waals surface area (Å²) < 4.78 is 33.4. The molecule has 0 aromatic rings. The van der Waals surface area contributed by atoms with Crippen molar-refractivity contribution in [2.24, 2.45) is 0 Å². The summed E-state index contributed by atoms with van der Waals surface area (Å²) in [5.74, 6) is -0.894. The van der Waals surface area contributed by atoms with Gasteiger partial charge in [0.25, 0.3) is 7.82 Å². The van der Waals surface area contributed by atoms with Crippen LogP contribution in [0.4, 0.5) is 0 Å². The van der Waals surface area contributed by atoms with E-state index in [9.17, 15) is 19.0 Å². The summed E-state index contributed by atoms with van der Waals surface area (Å²) in [5.41, 5.74) is 0. The maximum absolute atomic E-state index is 12.4. The number of carbonyl (C=O) groups is 2. The van der Waals surface area contributed by atoms with Gasteiger partial charge in [0.2, 0.25) is 0 Å². The van der Waals surface area contributed by atoms with Crippen LogP contribution in [0.25, 0.3) is 0 Å². The Bertz CT molecular complexity index is 745. The van der Waals surface area contributed by atoms with Crippen molar-refractivity contribution >= 4 is 19.8 Å². The number of nitrogens with zero attached hydrogens (tertiary/aromatic N) is 1. The van der Waals surface area contributed by atoms with E-state index in [0.29, 0.717) is 17.4 Å². The topological polar surface area (TPSA) is 131 Å². The van der Waals surface area contributed by atoms with E-state index in [-0.39, 0.29) is 32.7 Å². The van der Waals surface area contributed by atoms with Crippen molar-refractivity contribution < 1.29 is 47.2 Å². The van der Waals surface area contributed by atoms with E-state index in [1.807, 2.05) is 21.1 Å². The van der Waals surface area contributed by atoms with E-state index in [0.717, 1.165) is 51.4 Å². The number of aliphatic hydroxyl groups excluding tert-OH is 1. The zero-order chi connectivity index (χ0) is 32.9. The maximum Gasteiger partial charge on any atom is 0.306 e. The van der Waals surface area contributed by atoms with Crippen LogP contribution in [0.15, 0.2) is 0 Å². The second-order valence-corrected chi connectivity index (χ2v) is 14.4. The third-order valence-electron chi connectivity index (χ3n) is 7.43. The zero-order valence-electron chi connectivity index (χ0n) is 28.6. The summed E-state index contributed by atoms with van der Waals surface area (Å²) in [4.78, 5) is 37.0. The van der Waals surface area contributed by atoms with E-state index >= 15 is 0 Å². The van der Waals surface area contributed by atoms with Crippen molar-refractivity contribution in [2.45, 2.75) is 148 Å². The second-order valence-electron chi connectivity index (χ2n) is 13.0. The Labute approximate surface area is 268 Å². The molecule has 1 N–H and O–H groups in total. The average Bonchev–Trinajstić information content (AvgIpc) is 2.95. The fraction of sp³-hybridized carbons (Fsp3) is 0.939. The Balaban J connectivity index is 4.39. The molecular weight excluding hydrogens is 585 g/mol. The molecule has 0 spiro atoms. The van der Waals surface area contributed by atoms with E-state index in [1.54, 1.807) is 0 Å². The van der Waals surface area contributed by atoms with Gasteiger partial charge in [-0.1, -0.05) is 110 Å². The summed E-state index contributed by atoms with van der Waals surface area (Å²) in [6, 6.07) is 0. The highest BCUT2D eigenvalue weighted by molar-refractivity contribution is 7.45. The highest BCUT2D eigenvalue weighted by atomic mass is 31.2. The molecule has 0 aliphatic rings. The van der Waals surface area contributed by atoms with Gasteiger partial charge in [-0.15, -0.1) is 0 Å². The molecule has 0 saturated carbocycles. The summed E-state index contributed by atoms with van der Waals surface area (Å²) >= 11 is 0. The number of hydrogen-bond acceptors (Lipinski definition) is 9. The molecule has 0 aromatic heterocycles. The maximum atomic E-state index is 12.4. The largest absolute Gasteiger partial charge is 0.756 e. The van der Waals surface area contributed by atoms with Gasteiger partial charge in [-0.05, 0) is 19.3 Å². The Morgan fingerprint density at radius 1 is 0.682 bits per heavy atom. The van der Waals surface area contributed by atoms with Crippen LogP contribution in [-0.2, 0) is 32.7 Å². The third-order valence-corrected chi connectivity index (χ3v) is 8.40. The molecule has 0 saturated heterocycles. The van der Waals surface area contributed by atoms with Crippen LogP contribution in [0.3, 0.4) is 0 Å². The van der Waals surface area contributed by atoms with Crippen molar-refractivity contribution in [3.8, 4) is 0 Å². The number of quaternary nitrogens is 1. The van der Waals surface area contributed by atoms with Crippen molar-refractivity contribution in [3.05, 3.63) is 0 Å². The third kappa shape index (κ3) is 31.0. The SMILES string of the molecule is CCCCCCCCCCCCCCCC(=O)OC[C@H](COP(=O)([O-])OCC[N+](C)(C)C)OC(=O)CCCCCCCCO. The van der Waals surface area contributed by atoms with Gasteiger partial charge in [0.15, 0.2) is 6.10 Å². The summed E-state index contributed by atoms with van der Waals surface area (Å²) in [5, 5.41) is 8.85. The number of hydrogen-bond donors (Lipinski definition) is 1. The number of ether oxygens (including phenoxy) is 2. The molecule has 0 aromatic carbocycles. The molecule has 0 radical (unpaired) electrons. The predicted molar refractivity (Wildman–Crippen MR) is 173 cm³/mol. The molecule has 262 valence electrons. The molecule has 0 heterocycles. The standard InChI is InChI=1S/C33H66NO9P/c1-5-6-7-8-9-10-11-12-13-14-15-18-21-24-32(36)40-29-31(30-42-44(38,39)41-28-26-34(2,3)4)43-33(37)25-22-19-16-17-20-23-27-35/h31,35H,5-30H2,1-4H3/t31-/m1/s1. The molecular formula is C33H66NO9P. The number of phosphoric acid groups is 1. The lowest BCUT2D eigenvalue weighted by Gasteiger charge is -2.28. The molecule has 0 aliphatic heterocycles. The minimum Gasteiger partial charge on any atom is -0.756 e. The van der Waals surface area contributed by atoms with Gasteiger partial charge in [-0.2, -0.15) is 0 Å². The Morgan fingerprint density at radius 2 is 1.14 bits per heavy atom. The molecule has 10 nitrogen and oxygen atoms in total. The van der Waals surface area contributed by atoms with E-state index < -0.39 is 32.5 Å². The lowest BCUT2D eigenvalue weighted by Crippen LogP contribution is -2.37. The normalized spacial score (nSPS) is 13.9. The number of esters is 2. The van der Waals surface area contributed by atoms with Crippen molar-refractivity contribution in [2.75, 3.05) is 54.1 Å². The quantitative estimate of drug-likeness (QED) is 0.0359. The van der Waals surface area contributed by atoms with Crippen molar-refractivity contribution in [1.82, 2.24) is 0 Å². The van der Waals surface area contributed by atoms with Crippen LogP contribution in [0.2, 0.25) is 0 Å². The van der Waals surface area contributed by atoms with Gasteiger partial charge in [0.1, 0.15) is 19.8 Å². The van der Waals surface area contributed by atoms with E-state index in [2.05, 4.69) is 6.92 Å². The average molecular weight is 652 g/mol. The number of aliphatic hydroxyl groups is 1. The van der Waals surface area contributed by atoms with E-state index in [1.165, 1.54) is 64.2 Å². The summed E-state index contributed by atoms with van der Waals surface area (Å²) in [6.07, 6.45) is 20.4. The van der Waals surface area contributed by atoms with Gasteiger partial charge < -0.3 is 33.0 Å². The molecule has 0 aliphatic carbocycles. The first-order chi connectivity index (χ1) is 21.0. The fourth-order valence-corrected chi connectivity index (χ4v) is 5.36. The van der Waals surface area contributed by atoms with Crippen LogP contribution < -0.4 is 4.89 Å². The van der Waals surface area contributed by atoms with Gasteiger partial charge in [0, 0.05) is 19.4 Å². The smallest absolute Gasteiger partial charge is 0.306 e. The molecule has 0 fully saturated rings. The summed E-state index contributed by atoms with van der Waals surface area (Å²) in [6.45, 7) is 2.10. The van der Waals surface area contributed by atoms with Gasteiger partial charge in [-0.3, -0.25) is 14.2 Å². The van der Waals surface area contributed by atoms with Crippen molar-refractivity contribution in [3.63, 3.8) is 0 Å². The zero-order valence-corrected chi connectivity index (χ0v) is 29.5. The molecule has 2 atom stereocenters. The van der Waals surface area contributed by atoms with Gasteiger partial charge >= 0.3 is 11.9 Å². The summed E-state index contributed by atoms with van der Waals surface area (Å²) in [7, 11) is 1.12. The van der Waals surface area contributed by atoms with Crippen LogP contribution >= 0.6 is 7.82 Å². The monoisotopic (exact) mass is 651 g/mol. The van der Waals surface area contributed by atoms with Crippen LogP contribution in [0.5, 0.6) is 0 Å². The number of carbonyl (C=O) groups excluding carboxylic acids is 2. The highest BCUT2D eigenvalue weighted by Crippen LogP contribution is 2.38. The molecule has 0 rings (SSSR count). The Hall–Kier alpha value is -1.03. The first kappa shape index (κ1) is 43.0. The lowest BCUT2D eigenvalue weighted by atomic mass is 10.0. The number of likely N-dealkylation sites (N-methyl/N-ethyl adjacent to an activating group) is 1. The number of unbranched alkanes of at least 4 members (excludes halogenated alkanes) is 17. The van der Waals surface area contributed by atoms with Crippen LogP contribution in [0, 0.1) is 0 Å². The van der Waals surface area contributed by atoms with Gasteiger partial charge in [-0.25, -0.2) is 0 Å². The predicted octanol–water partition coefficient (Wildman–Crippen LogP) is 6.85. The van der Waals surface area contributed by atoms with Crippen LogP contribution in [-0.4, -0.2) is 81.7 Å². The van der Waals surface area contributed by atoms with Gasteiger partial charge in [0.05, 0.1) is 27.7 Å². The van der Waals surface area contributed by atoms with Crippen molar-refractivity contribution in [1.29, 1.82) is 0 Å². The molecule has 0 bridgehead atoms.